The van der Waals surface area contributed by atoms with Crippen molar-refractivity contribution in [1.29, 1.82) is 0 Å². The zero-order chi connectivity index (χ0) is 22.4. The van der Waals surface area contributed by atoms with Crippen molar-refractivity contribution in [3.8, 4) is 10.6 Å². The Labute approximate surface area is 193 Å². The topological polar surface area (TPSA) is 62.3 Å². The molecule has 2 amide bonds. The molecule has 0 aliphatic carbocycles. The number of carbonyl (C=O) groups excluding carboxylic acids is 2. The summed E-state index contributed by atoms with van der Waals surface area (Å²) in [5.74, 6) is -0.911. The molecule has 0 spiro atoms. The number of rotatable bonds is 8. The zero-order valence-corrected chi connectivity index (χ0v) is 19.0. The third-order valence-corrected chi connectivity index (χ3v) is 5.83. The van der Waals surface area contributed by atoms with E-state index in [4.69, 9.17) is 23.2 Å². The molecule has 0 fully saturated rings. The summed E-state index contributed by atoms with van der Waals surface area (Å²) >= 11 is 13.3. The van der Waals surface area contributed by atoms with Crippen molar-refractivity contribution in [2.24, 2.45) is 0 Å². The first-order chi connectivity index (χ1) is 14.9. The Morgan fingerprint density at radius 1 is 1.19 bits per heavy atom. The van der Waals surface area contributed by atoms with Crippen LogP contribution in [0, 0.1) is 5.82 Å². The van der Waals surface area contributed by atoms with Gasteiger partial charge in [-0.05, 0) is 36.8 Å². The van der Waals surface area contributed by atoms with E-state index in [0.29, 0.717) is 45.0 Å². The van der Waals surface area contributed by atoms with E-state index in [1.165, 1.54) is 34.4 Å². The van der Waals surface area contributed by atoms with Gasteiger partial charge in [-0.25, -0.2) is 9.37 Å². The van der Waals surface area contributed by atoms with Crippen LogP contribution in [0.15, 0.2) is 47.8 Å². The largest absolute Gasteiger partial charge is 0.333 e. The van der Waals surface area contributed by atoms with Crippen LogP contribution in [0.5, 0.6) is 0 Å². The van der Waals surface area contributed by atoms with E-state index in [2.05, 4.69) is 10.3 Å². The molecule has 1 heterocycles. The second-order valence-corrected chi connectivity index (χ2v) is 8.52. The summed E-state index contributed by atoms with van der Waals surface area (Å²) in [5.41, 5.74) is 1.67. The molecular formula is C22H20Cl2FN3O2S. The Bertz CT molecular complexity index is 1090. The van der Waals surface area contributed by atoms with Gasteiger partial charge in [-0.15, -0.1) is 11.3 Å². The quantitative estimate of drug-likeness (QED) is 0.452. The average molecular weight is 480 g/mol. The maximum absolute atomic E-state index is 13.4. The smallest absolute Gasteiger partial charge is 0.244 e. The normalized spacial score (nSPS) is 10.7. The van der Waals surface area contributed by atoms with E-state index in [1.54, 1.807) is 29.6 Å². The first kappa shape index (κ1) is 23.2. The van der Waals surface area contributed by atoms with E-state index < -0.39 is 0 Å². The molecule has 162 valence electrons. The van der Waals surface area contributed by atoms with E-state index >= 15 is 0 Å². The zero-order valence-electron chi connectivity index (χ0n) is 16.7. The fraction of sp³-hybridized carbons (Fsp3) is 0.227. The second kappa shape index (κ2) is 10.7. The van der Waals surface area contributed by atoms with Crippen molar-refractivity contribution in [1.82, 2.24) is 9.88 Å². The molecule has 5 nitrogen and oxygen atoms in total. The van der Waals surface area contributed by atoms with Crippen LogP contribution in [0.2, 0.25) is 10.0 Å². The first-order valence-corrected chi connectivity index (χ1v) is 11.2. The molecule has 1 aromatic heterocycles. The highest BCUT2D eigenvalue weighted by Gasteiger charge is 2.19. The number of amides is 2. The van der Waals surface area contributed by atoms with Crippen molar-refractivity contribution >= 4 is 52.0 Å². The number of halogens is 3. The lowest BCUT2D eigenvalue weighted by molar-refractivity contribution is -0.134. The number of carbonyl (C=O) groups is 2. The van der Waals surface area contributed by atoms with Gasteiger partial charge in [-0.3, -0.25) is 9.59 Å². The van der Waals surface area contributed by atoms with E-state index in [9.17, 15) is 14.0 Å². The van der Waals surface area contributed by atoms with Crippen molar-refractivity contribution in [2.75, 3.05) is 18.4 Å². The van der Waals surface area contributed by atoms with Gasteiger partial charge in [-0.2, -0.15) is 0 Å². The lowest BCUT2D eigenvalue weighted by Crippen LogP contribution is -2.39. The van der Waals surface area contributed by atoms with Crippen LogP contribution < -0.4 is 5.32 Å². The molecule has 0 saturated carbocycles. The minimum absolute atomic E-state index is 0.0563. The monoisotopic (exact) mass is 479 g/mol. The van der Waals surface area contributed by atoms with Crippen LogP contribution in [0.1, 0.15) is 19.0 Å². The van der Waals surface area contributed by atoms with Crippen molar-refractivity contribution < 1.29 is 14.0 Å². The van der Waals surface area contributed by atoms with Gasteiger partial charge in [0.2, 0.25) is 11.8 Å². The predicted octanol–water partition coefficient (Wildman–Crippen LogP) is 5.68. The molecule has 2 aromatic carbocycles. The van der Waals surface area contributed by atoms with Gasteiger partial charge in [0, 0.05) is 22.5 Å². The number of hydrogen-bond donors (Lipinski definition) is 1. The Balaban J connectivity index is 1.64. The summed E-state index contributed by atoms with van der Waals surface area (Å²) in [7, 11) is 0. The number of benzene rings is 2. The van der Waals surface area contributed by atoms with Crippen molar-refractivity contribution in [3.05, 3.63) is 69.4 Å². The molecule has 0 saturated heterocycles. The molecule has 1 N–H and O–H groups in total. The first-order valence-electron chi connectivity index (χ1n) is 9.58. The van der Waals surface area contributed by atoms with Gasteiger partial charge in [0.05, 0.1) is 29.4 Å². The van der Waals surface area contributed by atoms with E-state index in [0.717, 1.165) is 0 Å². The molecule has 0 unspecified atom stereocenters. The number of aromatic nitrogens is 1. The third kappa shape index (κ3) is 6.50. The minimum Gasteiger partial charge on any atom is -0.333 e. The van der Waals surface area contributed by atoms with Crippen LogP contribution in [0.25, 0.3) is 10.6 Å². The molecule has 3 rings (SSSR count). The van der Waals surface area contributed by atoms with Gasteiger partial charge in [-0.1, -0.05) is 42.3 Å². The van der Waals surface area contributed by atoms with Crippen LogP contribution >= 0.6 is 34.5 Å². The van der Waals surface area contributed by atoms with E-state index in [-0.39, 0.29) is 30.6 Å². The number of anilines is 1. The molecule has 9 heteroatoms. The van der Waals surface area contributed by atoms with Gasteiger partial charge in [0.1, 0.15) is 10.8 Å². The number of thiazole rings is 1. The molecule has 31 heavy (non-hydrogen) atoms. The molecule has 0 aliphatic rings. The highest BCUT2D eigenvalue weighted by Crippen LogP contribution is 2.26. The summed E-state index contributed by atoms with van der Waals surface area (Å²) in [6.45, 7) is 2.26. The summed E-state index contributed by atoms with van der Waals surface area (Å²) in [6.07, 6.45) is 0.757. The van der Waals surface area contributed by atoms with Crippen LogP contribution in [0.3, 0.4) is 0 Å². The lowest BCUT2D eigenvalue weighted by atomic mass is 10.2. The van der Waals surface area contributed by atoms with Gasteiger partial charge in [0.25, 0.3) is 0 Å². The fourth-order valence-corrected chi connectivity index (χ4v) is 4.20. The number of nitrogens with one attached hydrogen (secondary N) is 1. The van der Waals surface area contributed by atoms with Crippen LogP contribution in [-0.4, -0.2) is 34.8 Å². The van der Waals surface area contributed by atoms with Crippen LogP contribution in [0.4, 0.5) is 10.1 Å². The fourth-order valence-electron chi connectivity index (χ4n) is 2.92. The SMILES string of the molecule is CCCN(CC(=O)Nc1ccc(Cl)cc1Cl)C(=O)Cc1csc(-c2cccc(F)c2)n1. The lowest BCUT2D eigenvalue weighted by Gasteiger charge is -2.21. The highest BCUT2D eigenvalue weighted by molar-refractivity contribution is 7.13. The molecule has 0 aliphatic heterocycles. The maximum atomic E-state index is 13.4. The van der Waals surface area contributed by atoms with Gasteiger partial charge >= 0.3 is 0 Å². The average Bonchev–Trinajstić information content (AvgIpc) is 3.18. The maximum Gasteiger partial charge on any atom is 0.244 e. The van der Waals surface area contributed by atoms with Gasteiger partial charge in [0.15, 0.2) is 0 Å². The van der Waals surface area contributed by atoms with Crippen molar-refractivity contribution in [3.63, 3.8) is 0 Å². The van der Waals surface area contributed by atoms with Crippen molar-refractivity contribution in [2.45, 2.75) is 19.8 Å². The Morgan fingerprint density at radius 3 is 2.71 bits per heavy atom. The summed E-state index contributed by atoms with van der Waals surface area (Å²) in [5, 5.41) is 5.90. The number of nitrogens with zero attached hydrogens (tertiary/aromatic N) is 2. The highest BCUT2D eigenvalue weighted by atomic mass is 35.5. The third-order valence-electron chi connectivity index (χ3n) is 4.34. The Morgan fingerprint density at radius 2 is 2.00 bits per heavy atom. The van der Waals surface area contributed by atoms with Gasteiger partial charge < -0.3 is 10.2 Å². The van der Waals surface area contributed by atoms with Crippen LogP contribution in [-0.2, 0) is 16.0 Å². The van der Waals surface area contributed by atoms with E-state index in [1.807, 2.05) is 6.92 Å². The summed E-state index contributed by atoms with van der Waals surface area (Å²) < 4.78 is 13.4. The molecule has 0 radical (unpaired) electrons. The molecule has 0 atom stereocenters. The standard InChI is InChI=1S/C22H20Cl2FN3O2S/c1-2-8-28(12-20(29)27-19-7-6-15(23)10-18(19)24)21(30)11-17-13-31-22(26-17)14-4-3-5-16(25)9-14/h3-7,9-10,13H,2,8,11-12H2,1H3,(H,27,29). The second-order valence-electron chi connectivity index (χ2n) is 6.82. The Kier molecular flexibility index (Phi) is 8.01. The molecule has 3 aromatic rings. The summed E-state index contributed by atoms with van der Waals surface area (Å²) in [6, 6.07) is 10.9. The Hall–Kier alpha value is -2.48. The summed E-state index contributed by atoms with van der Waals surface area (Å²) in [4.78, 5) is 31.2. The molecule has 0 bridgehead atoms. The molecular weight excluding hydrogens is 460 g/mol. The predicted molar refractivity (Wildman–Crippen MR) is 123 cm³/mol. The number of hydrogen-bond acceptors (Lipinski definition) is 4. The minimum atomic E-state index is -0.357.